The molecule has 0 unspecified atom stereocenters. The van der Waals surface area contributed by atoms with Crippen LogP contribution in [0.3, 0.4) is 0 Å². The third-order valence-electron chi connectivity index (χ3n) is 3.79. The summed E-state index contributed by atoms with van der Waals surface area (Å²) in [5.41, 5.74) is -0.271. The SMILES string of the molecule is CCCNc1ccc(S(N)(=O)=O)cc1NS(=O)(=O)c1ccc(OC)c([N+](=O)[O-])c1. The Hall–Kier alpha value is -2.90. The lowest BCUT2D eigenvalue weighted by atomic mass is 10.2. The Labute approximate surface area is 168 Å². The van der Waals surface area contributed by atoms with Crippen LogP contribution in [0, 0.1) is 10.1 Å². The van der Waals surface area contributed by atoms with Gasteiger partial charge in [0.15, 0.2) is 5.75 Å². The Bertz CT molecular complexity index is 1130. The van der Waals surface area contributed by atoms with Crippen molar-refractivity contribution in [1.82, 2.24) is 0 Å². The highest BCUT2D eigenvalue weighted by atomic mass is 32.2. The number of ether oxygens (including phenoxy) is 1. The van der Waals surface area contributed by atoms with Crippen LogP contribution in [0.15, 0.2) is 46.2 Å². The average Bonchev–Trinajstić information content (AvgIpc) is 2.65. The van der Waals surface area contributed by atoms with Gasteiger partial charge in [0, 0.05) is 12.6 Å². The maximum Gasteiger partial charge on any atom is 0.312 e. The lowest BCUT2D eigenvalue weighted by molar-refractivity contribution is -0.386. The minimum Gasteiger partial charge on any atom is -0.490 e. The molecule has 0 aliphatic heterocycles. The van der Waals surface area contributed by atoms with E-state index in [2.05, 4.69) is 10.0 Å². The van der Waals surface area contributed by atoms with Gasteiger partial charge in [-0.2, -0.15) is 0 Å². The van der Waals surface area contributed by atoms with Gasteiger partial charge in [0.25, 0.3) is 10.0 Å². The van der Waals surface area contributed by atoms with Crippen LogP contribution in [0.5, 0.6) is 5.75 Å². The predicted octanol–water partition coefficient (Wildman–Crippen LogP) is 1.87. The van der Waals surface area contributed by atoms with Crippen molar-refractivity contribution >= 4 is 37.1 Å². The fraction of sp³-hybridized carbons (Fsp3) is 0.250. The van der Waals surface area contributed by atoms with Gasteiger partial charge in [0.05, 0.1) is 33.2 Å². The first-order valence-corrected chi connectivity index (χ1v) is 11.3. The van der Waals surface area contributed by atoms with Crippen LogP contribution in [0.25, 0.3) is 0 Å². The number of hydrogen-bond acceptors (Lipinski definition) is 8. The van der Waals surface area contributed by atoms with Crippen molar-refractivity contribution in [2.45, 2.75) is 23.1 Å². The molecule has 0 aliphatic rings. The first-order valence-electron chi connectivity index (χ1n) is 8.25. The van der Waals surface area contributed by atoms with Crippen LogP contribution in [0.1, 0.15) is 13.3 Å². The summed E-state index contributed by atoms with van der Waals surface area (Å²) in [5, 5.41) is 19.3. The van der Waals surface area contributed by atoms with E-state index in [4.69, 9.17) is 9.88 Å². The van der Waals surface area contributed by atoms with E-state index in [0.717, 1.165) is 30.7 Å². The summed E-state index contributed by atoms with van der Waals surface area (Å²) in [4.78, 5) is 9.71. The fourth-order valence-electron chi connectivity index (χ4n) is 2.38. The van der Waals surface area contributed by atoms with Crippen LogP contribution in [0.2, 0.25) is 0 Å². The average molecular weight is 444 g/mol. The summed E-state index contributed by atoms with van der Waals surface area (Å²) in [6.45, 7) is 2.39. The predicted molar refractivity (Wildman–Crippen MR) is 107 cm³/mol. The number of nitrogens with zero attached hydrogens (tertiary/aromatic N) is 1. The van der Waals surface area contributed by atoms with Crippen LogP contribution in [-0.2, 0) is 20.0 Å². The molecule has 0 saturated carbocycles. The zero-order chi connectivity index (χ0) is 21.8. The number of sulfonamides is 2. The summed E-state index contributed by atoms with van der Waals surface area (Å²) in [7, 11) is -7.15. The second kappa shape index (κ2) is 8.63. The Morgan fingerprint density at radius 3 is 2.28 bits per heavy atom. The molecule has 0 bridgehead atoms. The molecule has 0 heterocycles. The molecule has 4 N–H and O–H groups in total. The molecule has 0 aliphatic carbocycles. The summed E-state index contributed by atoms with van der Waals surface area (Å²) >= 11 is 0. The third kappa shape index (κ3) is 5.34. The number of nitrogens with two attached hydrogens (primary N) is 1. The zero-order valence-electron chi connectivity index (χ0n) is 15.6. The van der Waals surface area contributed by atoms with Crippen LogP contribution in [0.4, 0.5) is 17.1 Å². The van der Waals surface area contributed by atoms with Gasteiger partial charge in [0.2, 0.25) is 10.0 Å². The van der Waals surface area contributed by atoms with Gasteiger partial charge in [-0.1, -0.05) is 6.92 Å². The van der Waals surface area contributed by atoms with Gasteiger partial charge in [-0.25, -0.2) is 22.0 Å². The van der Waals surface area contributed by atoms with E-state index in [9.17, 15) is 26.9 Å². The van der Waals surface area contributed by atoms with Gasteiger partial charge >= 0.3 is 5.69 Å². The molecule has 2 rings (SSSR count). The number of anilines is 2. The van der Waals surface area contributed by atoms with E-state index in [1.54, 1.807) is 0 Å². The van der Waals surface area contributed by atoms with Crippen molar-refractivity contribution in [2.75, 3.05) is 23.7 Å². The van der Waals surface area contributed by atoms with Crippen molar-refractivity contribution < 1.29 is 26.5 Å². The smallest absolute Gasteiger partial charge is 0.312 e. The number of hydrogen-bond donors (Lipinski definition) is 3. The summed E-state index contributed by atoms with van der Waals surface area (Å²) in [6, 6.07) is 6.83. The minimum absolute atomic E-state index is 0.0663. The molecular formula is C16H20N4O7S2. The minimum atomic E-state index is -4.29. The molecule has 11 nitrogen and oxygen atoms in total. The second-order valence-electron chi connectivity index (χ2n) is 5.88. The maximum atomic E-state index is 12.8. The van der Waals surface area contributed by atoms with Crippen LogP contribution in [-0.4, -0.2) is 35.4 Å². The molecule has 0 spiro atoms. The molecule has 0 amide bonds. The number of nitro benzene ring substituents is 1. The highest BCUT2D eigenvalue weighted by Gasteiger charge is 2.23. The van der Waals surface area contributed by atoms with Gasteiger partial charge in [-0.3, -0.25) is 14.8 Å². The number of rotatable bonds is 9. The maximum absolute atomic E-state index is 12.8. The van der Waals surface area contributed by atoms with Crippen LogP contribution < -0.4 is 19.9 Å². The summed E-state index contributed by atoms with van der Waals surface area (Å²) < 4.78 is 55.9. The molecule has 2 aromatic carbocycles. The quantitative estimate of drug-likeness (QED) is 0.388. The first-order chi connectivity index (χ1) is 13.5. The number of primary sulfonamides is 1. The topological polar surface area (TPSA) is 171 Å². The lowest BCUT2D eigenvalue weighted by Gasteiger charge is -2.15. The van der Waals surface area contributed by atoms with Gasteiger partial charge in [-0.05, 0) is 36.8 Å². The van der Waals surface area contributed by atoms with Crippen molar-refractivity contribution in [1.29, 1.82) is 0 Å². The highest BCUT2D eigenvalue weighted by Crippen LogP contribution is 2.32. The number of benzene rings is 2. The Morgan fingerprint density at radius 2 is 1.72 bits per heavy atom. The normalized spacial score (nSPS) is 11.7. The Balaban J connectivity index is 2.53. The van der Waals surface area contributed by atoms with Crippen molar-refractivity contribution in [2.24, 2.45) is 5.14 Å². The zero-order valence-corrected chi connectivity index (χ0v) is 17.2. The Morgan fingerprint density at radius 1 is 1.07 bits per heavy atom. The van der Waals surface area contributed by atoms with Crippen molar-refractivity contribution in [3.63, 3.8) is 0 Å². The number of nitrogens with one attached hydrogen (secondary N) is 2. The monoisotopic (exact) mass is 444 g/mol. The molecule has 0 aromatic heterocycles. The van der Waals surface area contributed by atoms with Crippen molar-refractivity contribution in [3.8, 4) is 5.75 Å². The molecule has 13 heteroatoms. The fourth-order valence-corrected chi connectivity index (χ4v) is 4.01. The Kier molecular flexibility index (Phi) is 6.66. The molecule has 0 atom stereocenters. The van der Waals surface area contributed by atoms with Crippen molar-refractivity contribution in [3.05, 3.63) is 46.5 Å². The first kappa shape index (κ1) is 22.4. The van der Waals surface area contributed by atoms with E-state index < -0.39 is 35.6 Å². The standard InChI is InChI=1S/C16H20N4O7S2/c1-3-8-18-13-6-4-11(28(17,23)24)9-14(13)19-29(25,26)12-5-7-16(27-2)15(10-12)20(21)22/h4-7,9-10,18-19H,3,8H2,1-2H3,(H2,17,23,24). The number of methoxy groups -OCH3 is 1. The van der Waals surface area contributed by atoms with E-state index in [-0.39, 0.29) is 16.3 Å². The van der Waals surface area contributed by atoms with E-state index in [1.807, 2.05) is 6.92 Å². The third-order valence-corrected chi connectivity index (χ3v) is 6.06. The molecule has 0 radical (unpaired) electrons. The second-order valence-corrected chi connectivity index (χ2v) is 9.12. The molecule has 0 fully saturated rings. The summed E-state index contributed by atoms with van der Waals surface area (Å²) in [5.74, 6) is -0.101. The molecule has 0 saturated heterocycles. The largest absolute Gasteiger partial charge is 0.490 e. The highest BCUT2D eigenvalue weighted by molar-refractivity contribution is 7.92. The van der Waals surface area contributed by atoms with E-state index in [1.165, 1.54) is 19.2 Å². The van der Waals surface area contributed by atoms with Crippen LogP contribution >= 0.6 is 0 Å². The molecule has 158 valence electrons. The van der Waals surface area contributed by atoms with Gasteiger partial charge < -0.3 is 10.1 Å². The molecule has 29 heavy (non-hydrogen) atoms. The molecule has 2 aromatic rings. The molecular weight excluding hydrogens is 424 g/mol. The summed E-state index contributed by atoms with van der Waals surface area (Å²) in [6.07, 6.45) is 0.730. The van der Waals surface area contributed by atoms with E-state index in [0.29, 0.717) is 12.2 Å². The van der Waals surface area contributed by atoms with E-state index >= 15 is 0 Å². The van der Waals surface area contributed by atoms with Gasteiger partial charge in [-0.15, -0.1) is 0 Å². The lowest BCUT2D eigenvalue weighted by Crippen LogP contribution is -2.17. The van der Waals surface area contributed by atoms with Gasteiger partial charge in [0.1, 0.15) is 0 Å². The number of nitro groups is 1.